The van der Waals surface area contributed by atoms with Crippen LogP contribution in [0.3, 0.4) is 0 Å². The summed E-state index contributed by atoms with van der Waals surface area (Å²) in [7, 11) is 0. The van der Waals surface area contributed by atoms with E-state index in [4.69, 9.17) is 0 Å². The lowest BCUT2D eigenvalue weighted by Gasteiger charge is -2.15. The molecule has 19 heavy (non-hydrogen) atoms. The molecule has 2 aromatic heterocycles. The Labute approximate surface area is 113 Å². The van der Waals surface area contributed by atoms with Crippen LogP contribution in [0, 0.1) is 6.92 Å². The second-order valence-corrected chi connectivity index (χ2v) is 5.23. The molecule has 0 aromatic carbocycles. The molecule has 4 heteroatoms. The van der Waals surface area contributed by atoms with E-state index in [-0.39, 0.29) is 0 Å². The molecule has 0 saturated heterocycles. The highest BCUT2D eigenvalue weighted by atomic mass is 15.2. The minimum absolute atomic E-state index is 0.618. The summed E-state index contributed by atoms with van der Waals surface area (Å²) >= 11 is 0. The molecule has 0 amide bonds. The second-order valence-electron chi connectivity index (χ2n) is 5.23. The third-order valence-electron chi connectivity index (χ3n) is 3.72. The molecule has 1 aliphatic carbocycles. The molecule has 3 rings (SSSR count). The molecule has 1 N–H and O–H groups in total. The van der Waals surface area contributed by atoms with Crippen molar-refractivity contribution in [3.63, 3.8) is 0 Å². The van der Waals surface area contributed by atoms with Gasteiger partial charge in [0, 0.05) is 18.4 Å². The first-order chi connectivity index (χ1) is 9.33. The van der Waals surface area contributed by atoms with Crippen molar-refractivity contribution in [2.75, 3.05) is 5.32 Å². The smallest absolute Gasteiger partial charge is 0.203 e. The summed E-state index contributed by atoms with van der Waals surface area (Å²) in [6.07, 6.45) is 9.20. The van der Waals surface area contributed by atoms with Gasteiger partial charge in [0.2, 0.25) is 5.95 Å². The molecule has 0 unspecified atom stereocenters. The number of aryl methyl sites for hydroxylation is 1. The highest BCUT2D eigenvalue weighted by Gasteiger charge is 2.19. The minimum atomic E-state index is 0.618. The first-order valence-corrected chi connectivity index (χ1v) is 7.02. The van der Waals surface area contributed by atoms with Crippen LogP contribution in [0.4, 0.5) is 5.95 Å². The number of rotatable bonds is 4. The van der Waals surface area contributed by atoms with E-state index < -0.39 is 0 Å². The fourth-order valence-corrected chi connectivity index (χ4v) is 2.78. The Kier molecular flexibility index (Phi) is 3.49. The van der Waals surface area contributed by atoms with Gasteiger partial charge in [-0.25, -0.2) is 4.98 Å². The molecule has 4 nitrogen and oxygen atoms in total. The second kappa shape index (κ2) is 5.43. The van der Waals surface area contributed by atoms with Crippen LogP contribution in [-0.4, -0.2) is 14.5 Å². The number of imidazole rings is 1. The highest BCUT2D eigenvalue weighted by molar-refractivity contribution is 5.30. The number of anilines is 1. The van der Waals surface area contributed by atoms with Crippen LogP contribution in [0.25, 0.3) is 0 Å². The van der Waals surface area contributed by atoms with Crippen molar-refractivity contribution in [1.82, 2.24) is 14.5 Å². The first kappa shape index (κ1) is 12.2. The number of pyridine rings is 1. The van der Waals surface area contributed by atoms with Crippen molar-refractivity contribution in [1.29, 1.82) is 0 Å². The van der Waals surface area contributed by atoms with Gasteiger partial charge in [-0.2, -0.15) is 0 Å². The van der Waals surface area contributed by atoms with Crippen LogP contribution < -0.4 is 5.32 Å². The van der Waals surface area contributed by atoms with Crippen molar-refractivity contribution in [2.24, 2.45) is 0 Å². The van der Waals surface area contributed by atoms with Gasteiger partial charge in [-0.3, -0.25) is 4.98 Å². The topological polar surface area (TPSA) is 42.7 Å². The largest absolute Gasteiger partial charge is 0.350 e. The lowest BCUT2D eigenvalue weighted by Crippen LogP contribution is -2.11. The molecule has 1 fully saturated rings. The maximum absolute atomic E-state index is 4.59. The number of nitrogens with one attached hydrogen (secondary N) is 1. The molecule has 1 aliphatic rings. The molecule has 2 heterocycles. The van der Waals surface area contributed by atoms with Gasteiger partial charge in [-0.05, 0) is 31.9 Å². The van der Waals surface area contributed by atoms with E-state index >= 15 is 0 Å². The van der Waals surface area contributed by atoms with Gasteiger partial charge in [-0.15, -0.1) is 0 Å². The van der Waals surface area contributed by atoms with Crippen LogP contribution in [0.5, 0.6) is 0 Å². The summed E-state index contributed by atoms with van der Waals surface area (Å²) in [5.74, 6) is 0.982. The Hall–Kier alpha value is -1.84. The van der Waals surface area contributed by atoms with Crippen molar-refractivity contribution in [2.45, 2.75) is 45.2 Å². The van der Waals surface area contributed by atoms with Crippen LogP contribution in [0.1, 0.15) is 43.1 Å². The summed E-state index contributed by atoms with van der Waals surface area (Å²) < 4.78 is 2.31. The number of hydrogen-bond donors (Lipinski definition) is 1. The third kappa shape index (κ3) is 2.78. The normalized spacial score (nSPS) is 15.8. The Balaban J connectivity index is 1.73. The van der Waals surface area contributed by atoms with E-state index in [0.29, 0.717) is 6.04 Å². The quantitative estimate of drug-likeness (QED) is 0.912. The fourth-order valence-electron chi connectivity index (χ4n) is 2.78. The highest BCUT2D eigenvalue weighted by Crippen LogP contribution is 2.32. The zero-order valence-corrected chi connectivity index (χ0v) is 11.3. The molecular formula is C15H20N4. The van der Waals surface area contributed by atoms with E-state index in [2.05, 4.69) is 33.0 Å². The van der Waals surface area contributed by atoms with E-state index in [1.54, 1.807) is 0 Å². The average Bonchev–Trinajstić information content (AvgIpc) is 3.06. The summed E-state index contributed by atoms with van der Waals surface area (Å²) in [6, 6.07) is 6.60. The van der Waals surface area contributed by atoms with Gasteiger partial charge >= 0.3 is 0 Å². The first-order valence-electron chi connectivity index (χ1n) is 7.02. The lowest BCUT2D eigenvalue weighted by molar-refractivity contribution is 0.522. The molecule has 0 atom stereocenters. The predicted octanol–water partition coefficient (Wildman–Crippen LogP) is 3.31. The van der Waals surface area contributed by atoms with E-state index in [1.165, 1.54) is 25.7 Å². The summed E-state index contributed by atoms with van der Waals surface area (Å²) in [5, 5.41) is 3.42. The number of hydrogen-bond acceptors (Lipinski definition) is 3. The number of nitrogens with zero attached hydrogens (tertiary/aromatic N) is 3. The number of aromatic nitrogens is 3. The SMILES string of the molecule is Cc1cn(C2CCCC2)c(NCc2ccccn2)n1. The van der Waals surface area contributed by atoms with Gasteiger partial charge in [0.05, 0.1) is 17.9 Å². The molecule has 1 saturated carbocycles. The van der Waals surface area contributed by atoms with Crippen molar-refractivity contribution >= 4 is 5.95 Å². The van der Waals surface area contributed by atoms with Crippen LogP contribution >= 0.6 is 0 Å². The van der Waals surface area contributed by atoms with Crippen LogP contribution in [-0.2, 0) is 6.54 Å². The fraction of sp³-hybridized carbons (Fsp3) is 0.467. The van der Waals surface area contributed by atoms with E-state index in [0.717, 1.165) is 23.9 Å². The molecule has 0 aliphatic heterocycles. The lowest BCUT2D eigenvalue weighted by atomic mass is 10.2. The van der Waals surface area contributed by atoms with Crippen LogP contribution in [0.15, 0.2) is 30.6 Å². The summed E-state index contributed by atoms with van der Waals surface area (Å²) in [6.45, 7) is 2.78. The third-order valence-corrected chi connectivity index (χ3v) is 3.72. The van der Waals surface area contributed by atoms with E-state index in [9.17, 15) is 0 Å². The Morgan fingerprint density at radius 2 is 2.16 bits per heavy atom. The monoisotopic (exact) mass is 256 g/mol. The molecule has 0 radical (unpaired) electrons. The van der Waals surface area contributed by atoms with Crippen molar-refractivity contribution < 1.29 is 0 Å². The molecule has 0 bridgehead atoms. The Bertz CT molecular complexity index is 526. The zero-order valence-electron chi connectivity index (χ0n) is 11.3. The molecular weight excluding hydrogens is 236 g/mol. The standard InChI is InChI=1S/C15H20N4/c1-12-11-19(14-7-2-3-8-14)15(18-12)17-10-13-6-4-5-9-16-13/h4-6,9,11,14H,2-3,7-8,10H2,1H3,(H,17,18). The Morgan fingerprint density at radius 1 is 1.32 bits per heavy atom. The minimum Gasteiger partial charge on any atom is -0.350 e. The van der Waals surface area contributed by atoms with Gasteiger partial charge in [-0.1, -0.05) is 18.9 Å². The van der Waals surface area contributed by atoms with E-state index in [1.807, 2.05) is 24.4 Å². The summed E-state index contributed by atoms with van der Waals surface area (Å²) in [4.78, 5) is 8.92. The maximum Gasteiger partial charge on any atom is 0.203 e. The Morgan fingerprint density at radius 3 is 2.89 bits per heavy atom. The molecule has 2 aromatic rings. The van der Waals surface area contributed by atoms with Crippen molar-refractivity contribution in [3.8, 4) is 0 Å². The zero-order chi connectivity index (χ0) is 13.1. The maximum atomic E-state index is 4.59. The van der Waals surface area contributed by atoms with Gasteiger partial charge < -0.3 is 9.88 Å². The molecule has 0 spiro atoms. The van der Waals surface area contributed by atoms with Gasteiger partial charge in [0.1, 0.15) is 0 Å². The summed E-state index contributed by atoms with van der Waals surface area (Å²) in [5.41, 5.74) is 2.12. The average molecular weight is 256 g/mol. The van der Waals surface area contributed by atoms with Crippen molar-refractivity contribution in [3.05, 3.63) is 42.0 Å². The van der Waals surface area contributed by atoms with Gasteiger partial charge in [0.15, 0.2) is 0 Å². The predicted molar refractivity (Wildman–Crippen MR) is 76.0 cm³/mol. The molecule has 100 valence electrons. The van der Waals surface area contributed by atoms with Gasteiger partial charge in [0.25, 0.3) is 0 Å². The van der Waals surface area contributed by atoms with Crippen LogP contribution in [0.2, 0.25) is 0 Å².